The molecule has 0 atom stereocenters. The molecule has 0 N–H and O–H groups in total. The van der Waals surface area contributed by atoms with Gasteiger partial charge in [-0.1, -0.05) is 0 Å². The van der Waals surface area contributed by atoms with Crippen molar-refractivity contribution in [3.8, 4) is 5.82 Å². The van der Waals surface area contributed by atoms with Crippen molar-refractivity contribution in [1.29, 1.82) is 0 Å². The SMILES string of the molecule is Cc1nc(C)c(C(=O)N2CCN(c3ccc(-n4ccnc4)nn3)CC2)s1. The maximum Gasteiger partial charge on any atom is 0.265 e. The lowest BCUT2D eigenvalue weighted by Crippen LogP contribution is -2.49. The molecule has 1 saturated heterocycles. The number of piperazine rings is 1. The fourth-order valence-corrected chi connectivity index (χ4v) is 3.92. The Balaban J connectivity index is 1.40. The molecule has 1 aliphatic rings. The second-order valence-electron chi connectivity index (χ2n) is 6.15. The molecule has 3 aromatic rings. The first-order valence-corrected chi connectivity index (χ1v) is 9.24. The zero-order chi connectivity index (χ0) is 18.1. The van der Waals surface area contributed by atoms with E-state index in [1.807, 2.05) is 41.6 Å². The third kappa shape index (κ3) is 3.17. The molecule has 9 heteroatoms. The van der Waals surface area contributed by atoms with Gasteiger partial charge < -0.3 is 9.80 Å². The molecule has 0 radical (unpaired) electrons. The predicted molar refractivity (Wildman–Crippen MR) is 98.9 cm³/mol. The quantitative estimate of drug-likeness (QED) is 0.699. The maximum atomic E-state index is 12.7. The third-order valence-corrected chi connectivity index (χ3v) is 5.45. The van der Waals surface area contributed by atoms with Crippen LogP contribution in [0.15, 0.2) is 30.9 Å². The number of anilines is 1. The van der Waals surface area contributed by atoms with Crippen LogP contribution in [0.5, 0.6) is 0 Å². The molecule has 1 fully saturated rings. The van der Waals surface area contributed by atoms with Gasteiger partial charge in [-0.3, -0.25) is 9.36 Å². The van der Waals surface area contributed by atoms with Crippen molar-refractivity contribution in [2.75, 3.05) is 31.1 Å². The predicted octanol–water partition coefficient (Wildman–Crippen LogP) is 1.70. The molecule has 8 nitrogen and oxygen atoms in total. The molecule has 0 spiro atoms. The van der Waals surface area contributed by atoms with Gasteiger partial charge in [0.25, 0.3) is 5.91 Å². The van der Waals surface area contributed by atoms with Crippen LogP contribution in [-0.2, 0) is 0 Å². The summed E-state index contributed by atoms with van der Waals surface area (Å²) in [7, 11) is 0. The van der Waals surface area contributed by atoms with Gasteiger partial charge in [0, 0.05) is 38.6 Å². The lowest BCUT2D eigenvalue weighted by Gasteiger charge is -2.35. The number of carbonyl (C=O) groups excluding carboxylic acids is 1. The van der Waals surface area contributed by atoms with Gasteiger partial charge in [0.05, 0.1) is 10.7 Å². The first-order chi connectivity index (χ1) is 12.6. The summed E-state index contributed by atoms with van der Waals surface area (Å²) in [6, 6.07) is 3.88. The third-order valence-electron chi connectivity index (χ3n) is 4.39. The first-order valence-electron chi connectivity index (χ1n) is 8.42. The Morgan fingerprint density at radius 1 is 1.08 bits per heavy atom. The van der Waals surface area contributed by atoms with Crippen LogP contribution in [0.1, 0.15) is 20.4 Å². The van der Waals surface area contributed by atoms with E-state index in [0.29, 0.717) is 13.1 Å². The van der Waals surface area contributed by atoms with Gasteiger partial charge in [0.1, 0.15) is 11.2 Å². The van der Waals surface area contributed by atoms with Crippen molar-refractivity contribution in [3.63, 3.8) is 0 Å². The van der Waals surface area contributed by atoms with Crippen LogP contribution in [0.4, 0.5) is 5.82 Å². The van der Waals surface area contributed by atoms with Gasteiger partial charge >= 0.3 is 0 Å². The molecule has 0 bridgehead atoms. The number of hydrogen-bond acceptors (Lipinski definition) is 7. The Bertz CT molecular complexity index is 896. The second kappa shape index (κ2) is 6.83. The highest BCUT2D eigenvalue weighted by molar-refractivity contribution is 7.13. The highest BCUT2D eigenvalue weighted by Crippen LogP contribution is 2.21. The van der Waals surface area contributed by atoms with Crippen molar-refractivity contribution in [2.45, 2.75) is 13.8 Å². The molecule has 4 heterocycles. The van der Waals surface area contributed by atoms with E-state index >= 15 is 0 Å². The highest BCUT2D eigenvalue weighted by atomic mass is 32.1. The number of imidazole rings is 1. The average Bonchev–Trinajstić information content (AvgIpc) is 3.31. The molecule has 134 valence electrons. The van der Waals surface area contributed by atoms with Gasteiger partial charge in [-0.2, -0.15) is 0 Å². The zero-order valence-electron chi connectivity index (χ0n) is 14.7. The Morgan fingerprint density at radius 2 is 1.81 bits per heavy atom. The molecule has 0 aromatic carbocycles. The standard InChI is InChI=1S/C17H19N7OS/c1-12-16(26-13(2)19-12)17(25)23-9-7-22(8-10-23)14-3-4-15(21-20-14)24-6-5-18-11-24/h3-6,11H,7-10H2,1-2H3. The smallest absolute Gasteiger partial charge is 0.265 e. The summed E-state index contributed by atoms with van der Waals surface area (Å²) < 4.78 is 1.81. The number of nitrogens with zero attached hydrogens (tertiary/aromatic N) is 7. The van der Waals surface area contributed by atoms with Crippen LogP contribution < -0.4 is 4.90 Å². The van der Waals surface area contributed by atoms with Crippen molar-refractivity contribution >= 4 is 23.1 Å². The van der Waals surface area contributed by atoms with Crippen LogP contribution in [-0.4, -0.2) is 61.7 Å². The van der Waals surface area contributed by atoms with E-state index in [0.717, 1.165) is 40.3 Å². The fourth-order valence-electron chi connectivity index (χ4n) is 3.03. The van der Waals surface area contributed by atoms with Crippen molar-refractivity contribution in [3.05, 3.63) is 46.4 Å². The highest BCUT2D eigenvalue weighted by Gasteiger charge is 2.25. The summed E-state index contributed by atoms with van der Waals surface area (Å²) in [5.41, 5.74) is 0.820. The van der Waals surface area contributed by atoms with E-state index in [2.05, 4.69) is 25.1 Å². The summed E-state index contributed by atoms with van der Waals surface area (Å²) in [6.07, 6.45) is 5.23. The Hall–Kier alpha value is -2.81. The fraction of sp³-hybridized carbons (Fsp3) is 0.353. The number of aromatic nitrogens is 5. The average molecular weight is 369 g/mol. The van der Waals surface area contributed by atoms with E-state index in [1.54, 1.807) is 12.5 Å². The monoisotopic (exact) mass is 369 g/mol. The summed E-state index contributed by atoms with van der Waals surface area (Å²) in [5, 5.41) is 9.50. The molecular weight excluding hydrogens is 350 g/mol. The summed E-state index contributed by atoms with van der Waals surface area (Å²) in [5.74, 6) is 1.64. The van der Waals surface area contributed by atoms with E-state index in [4.69, 9.17) is 0 Å². The lowest BCUT2D eigenvalue weighted by molar-refractivity contribution is 0.0750. The van der Waals surface area contributed by atoms with Crippen LogP contribution in [0.25, 0.3) is 5.82 Å². The van der Waals surface area contributed by atoms with E-state index in [1.165, 1.54) is 11.3 Å². The van der Waals surface area contributed by atoms with Crippen LogP contribution in [0.2, 0.25) is 0 Å². The summed E-state index contributed by atoms with van der Waals surface area (Å²) in [4.78, 5) is 25.9. The first kappa shape index (κ1) is 16.6. The molecule has 3 aromatic heterocycles. The number of aryl methyl sites for hydroxylation is 2. The van der Waals surface area contributed by atoms with E-state index < -0.39 is 0 Å². The normalized spacial score (nSPS) is 14.7. The molecule has 4 rings (SSSR count). The molecule has 1 amide bonds. The van der Waals surface area contributed by atoms with Crippen molar-refractivity contribution < 1.29 is 4.79 Å². The topological polar surface area (TPSA) is 80.0 Å². The molecule has 1 aliphatic heterocycles. The van der Waals surface area contributed by atoms with Gasteiger partial charge in [-0.25, -0.2) is 9.97 Å². The Labute approximate surface area is 155 Å². The number of hydrogen-bond donors (Lipinski definition) is 0. The van der Waals surface area contributed by atoms with E-state index in [-0.39, 0.29) is 5.91 Å². The summed E-state index contributed by atoms with van der Waals surface area (Å²) in [6.45, 7) is 6.63. The molecule has 0 saturated carbocycles. The second-order valence-corrected chi connectivity index (χ2v) is 7.35. The van der Waals surface area contributed by atoms with Gasteiger partial charge in [-0.05, 0) is 26.0 Å². The zero-order valence-corrected chi connectivity index (χ0v) is 15.5. The number of carbonyl (C=O) groups is 1. The van der Waals surface area contributed by atoms with Crippen molar-refractivity contribution in [1.82, 2.24) is 29.6 Å². The van der Waals surface area contributed by atoms with E-state index in [9.17, 15) is 4.79 Å². The Kier molecular flexibility index (Phi) is 4.37. The number of rotatable bonds is 3. The number of amides is 1. The molecular formula is C17H19N7OS. The van der Waals surface area contributed by atoms with Gasteiger partial charge in [0.15, 0.2) is 11.6 Å². The van der Waals surface area contributed by atoms with Crippen LogP contribution in [0.3, 0.4) is 0 Å². The minimum Gasteiger partial charge on any atom is -0.352 e. The van der Waals surface area contributed by atoms with Gasteiger partial charge in [-0.15, -0.1) is 21.5 Å². The molecule has 26 heavy (non-hydrogen) atoms. The summed E-state index contributed by atoms with van der Waals surface area (Å²) >= 11 is 1.47. The molecule has 0 unspecified atom stereocenters. The largest absolute Gasteiger partial charge is 0.352 e. The Morgan fingerprint density at radius 3 is 2.38 bits per heavy atom. The molecule has 0 aliphatic carbocycles. The van der Waals surface area contributed by atoms with Crippen molar-refractivity contribution in [2.24, 2.45) is 0 Å². The lowest BCUT2D eigenvalue weighted by atomic mass is 10.2. The van der Waals surface area contributed by atoms with Crippen LogP contribution >= 0.6 is 11.3 Å². The minimum atomic E-state index is 0.0780. The van der Waals surface area contributed by atoms with Crippen LogP contribution in [0, 0.1) is 13.8 Å². The minimum absolute atomic E-state index is 0.0780. The number of thiazole rings is 1. The maximum absolute atomic E-state index is 12.7. The van der Waals surface area contributed by atoms with Gasteiger partial charge in [0.2, 0.25) is 0 Å².